The molecule has 0 fully saturated rings. The van der Waals surface area contributed by atoms with Gasteiger partial charge in [0.05, 0.1) is 6.20 Å². The highest BCUT2D eigenvalue weighted by Gasteiger charge is 2.11. The Morgan fingerprint density at radius 1 is 1.20 bits per heavy atom. The van der Waals surface area contributed by atoms with Gasteiger partial charge < -0.3 is 0 Å². The van der Waals surface area contributed by atoms with E-state index in [1.807, 2.05) is 25.4 Å². The molecule has 0 saturated heterocycles. The molecule has 0 aliphatic heterocycles. The molecule has 1 heterocycles. The fraction of sp³-hybridized carbons (Fsp3) is 0.227. The monoisotopic (exact) mass is 334 g/mol. The van der Waals surface area contributed by atoms with Crippen LogP contribution >= 0.6 is 0 Å². The number of rotatable bonds is 6. The van der Waals surface area contributed by atoms with E-state index < -0.39 is 0 Å². The van der Waals surface area contributed by atoms with Gasteiger partial charge in [-0.1, -0.05) is 36.4 Å². The van der Waals surface area contributed by atoms with E-state index in [1.54, 1.807) is 12.1 Å². The second-order valence-electron chi connectivity index (χ2n) is 6.58. The number of allylic oxidation sites excluding steroid dienone is 1. The Labute approximate surface area is 148 Å². The SMILES string of the molecule is C=C(C)c1cc(C)c(-c2cn[nH]c2)cc1CCCc1cccc(F)c1. The van der Waals surface area contributed by atoms with Crippen LogP contribution in [0.3, 0.4) is 0 Å². The van der Waals surface area contributed by atoms with Crippen LogP contribution in [-0.2, 0) is 12.8 Å². The molecule has 3 aromatic rings. The Morgan fingerprint density at radius 3 is 2.72 bits per heavy atom. The third-order valence-electron chi connectivity index (χ3n) is 4.52. The average molecular weight is 334 g/mol. The van der Waals surface area contributed by atoms with Gasteiger partial charge in [-0.15, -0.1) is 0 Å². The Bertz CT molecular complexity index is 879. The highest BCUT2D eigenvalue weighted by molar-refractivity contribution is 5.73. The minimum absolute atomic E-state index is 0.169. The van der Waals surface area contributed by atoms with Gasteiger partial charge in [0.25, 0.3) is 0 Å². The maximum atomic E-state index is 13.3. The summed E-state index contributed by atoms with van der Waals surface area (Å²) >= 11 is 0. The lowest BCUT2D eigenvalue weighted by atomic mass is 9.90. The molecule has 0 atom stereocenters. The smallest absolute Gasteiger partial charge is 0.123 e. The topological polar surface area (TPSA) is 28.7 Å². The zero-order chi connectivity index (χ0) is 17.8. The average Bonchev–Trinajstić information content (AvgIpc) is 3.10. The zero-order valence-corrected chi connectivity index (χ0v) is 14.8. The first-order valence-corrected chi connectivity index (χ1v) is 8.57. The van der Waals surface area contributed by atoms with Crippen molar-refractivity contribution in [3.05, 3.63) is 83.4 Å². The number of hydrogen-bond acceptors (Lipinski definition) is 1. The Kier molecular flexibility index (Phi) is 5.13. The van der Waals surface area contributed by atoms with Gasteiger partial charge in [0.15, 0.2) is 0 Å². The Balaban J connectivity index is 1.83. The van der Waals surface area contributed by atoms with Gasteiger partial charge in [0, 0.05) is 11.8 Å². The molecule has 2 nitrogen and oxygen atoms in total. The molecule has 0 aliphatic rings. The summed E-state index contributed by atoms with van der Waals surface area (Å²) in [7, 11) is 0. The van der Waals surface area contributed by atoms with Crippen molar-refractivity contribution in [1.29, 1.82) is 0 Å². The molecule has 0 unspecified atom stereocenters. The van der Waals surface area contributed by atoms with Gasteiger partial charge in [-0.2, -0.15) is 5.10 Å². The lowest BCUT2D eigenvalue weighted by Crippen LogP contribution is -1.98. The van der Waals surface area contributed by atoms with Gasteiger partial charge >= 0.3 is 0 Å². The third kappa shape index (κ3) is 4.05. The van der Waals surface area contributed by atoms with Crippen LogP contribution in [0.15, 0.2) is 55.4 Å². The van der Waals surface area contributed by atoms with Crippen LogP contribution in [0.2, 0.25) is 0 Å². The highest BCUT2D eigenvalue weighted by atomic mass is 19.1. The minimum Gasteiger partial charge on any atom is -0.285 e. The van der Waals surface area contributed by atoms with Crippen LogP contribution in [0, 0.1) is 12.7 Å². The Morgan fingerprint density at radius 2 is 2.04 bits per heavy atom. The van der Waals surface area contributed by atoms with E-state index in [4.69, 9.17) is 0 Å². The first-order valence-electron chi connectivity index (χ1n) is 8.57. The summed E-state index contributed by atoms with van der Waals surface area (Å²) in [6, 6.07) is 11.3. The molecule has 1 aromatic heterocycles. The van der Waals surface area contributed by atoms with Crippen molar-refractivity contribution in [2.24, 2.45) is 0 Å². The quantitative estimate of drug-likeness (QED) is 0.612. The third-order valence-corrected chi connectivity index (χ3v) is 4.52. The van der Waals surface area contributed by atoms with Crippen molar-refractivity contribution in [3.63, 3.8) is 0 Å². The highest BCUT2D eigenvalue weighted by Crippen LogP contribution is 2.30. The van der Waals surface area contributed by atoms with Crippen LogP contribution in [-0.4, -0.2) is 10.2 Å². The molecule has 0 aliphatic carbocycles. The molecule has 3 heteroatoms. The largest absolute Gasteiger partial charge is 0.285 e. The fourth-order valence-corrected chi connectivity index (χ4v) is 3.24. The number of aryl methyl sites for hydroxylation is 3. The lowest BCUT2D eigenvalue weighted by Gasteiger charge is -2.14. The number of H-pyrrole nitrogens is 1. The second kappa shape index (κ2) is 7.47. The van der Waals surface area contributed by atoms with E-state index in [0.717, 1.165) is 36.0 Å². The predicted octanol–water partition coefficient (Wildman–Crippen LogP) is 5.73. The van der Waals surface area contributed by atoms with E-state index in [2.05, 4.69) is 35.8 Å². The molecular formula is C22H23FN2. The number of aromatic nitrogens is 2. The van der Waals surface area contributed by atoms with E-state index in [9.17, 15) is 4.39 Å². The van der Waals surface area contributed by atoms with E-state index in [0.29, 0.717) is 0 Å². The van der Waals surface area contributed by atoms with Gasteiger partial charge in [0.2, 0.25) is 0 Å². The van der Waals surface area contributed by atoms with Crippen molar-refractivity contribution in [2.45, 2.75) is 33.1 Å². The molecule has 0 saturated carbocycles. The maximum Gasteiger partial charge on any atom is 0.123 e. The number of hydrogen-bond donors (Lipinski definition) is 1. The normalized spacial score (nSPS) is 10.8. The number of nitrogens with one attached hydrogen (secondary N) is 1. The van der Waals surface area contributed by atoms with Gasteiger partial charge in [-0.25, -0.2) is 4.39 Å². The first kappa shape index (κ1) is 17.2. The van der Waals surface area contributed by atoms with E-state index >= 15 is 0 Å². The van der Waals surface area contributed by atoms with Crippen LogP contribution in [0.5, 0.6) is 0 Å². The molecule has 0 spiro atoms. The molecule has 0 amide bonds. The summed E-state index contributed by atoms with van der Waals surface area (Å²) in [5.41, 5.74) is 8.11. The number of aromatic amines is 1. The molecule has 128 valence electrons. The molecule has 1 N–H and O–H groups in total. The van der Waals surface area contributed by atoms with Crippen molar-refractivity contribution in [1.82, 2.24) is 10.2 Å². The van der Waals surface area contributed by atoms with Crippen LogP contribution in [0.4, 0.5) is 4.39 Å². The number of benzene rings is 2. The van der Waals surface area contributed by atoms with Gasteiger partial charge in [-0.05, 0) is 73.1 Å². The van der Waals surface area contributed by atoms with Gasteiger partial charge in [0.1, 0.15) is 5.82 Å². The number of halogens is 1. The molecule has 25 heavy (non-hydrogen) atoms. The Hall–Kier alpha value is -2.68. The molecule has 0 radical (unpaired) electrons. The minimum atomic E-state index is -0.169. The second-order valence-corrected chi connectivity index (χ2v) is 6.58. The van der Waals surface area contributed by atoms with E-state index in [1.165, 1.54) is 28.3 Å². The molecule has 2 aromatic carbocycles. The van der Waals surface area contributed by atoms with E-state index in [-0.39, 0.29) is 5.82 Å². The lowest BCUT2D eigenvalue weighted by molar-refractivity contribution is 0.624. The summed E-state index contributed by atoms with van der Waals surface area (Å²) in [5, 5.41) is 6.94. The zero-order valence-electron chi connectivity index (χ0n) is 14.8. The van der Waals surface area contributed by atoms with Crippen LogP contribution in [0.1, 0.15) is 35.6 Å². The molecule has 0 bridgehead atoms. The van der Waals surface area contributed by atoms with Crippen molar-refractivity contribution in [2.75, 3.05) is 0 Å². The van der Waals surface area contributed by atoms with Crippen molar-refractivity contribution in [3.8, 4) is 11.1 Å². The molecule has 3 rings (SSSR count). The maximum absolute atomic E-state index is 13.3. The summed E-state index contributed by atoms with van der Waals surface area (Å²) in [4.78, 5) is 0. The summed E-state index contributed by atoms with van der Waals surface area (Å²) < 4.78 is 13.3. The van der Waals surface area contributed by atoms with Crippen LogP contribution in [0.25, 0.3) is 16.7 Å². The van der Waals surface area contributed by atoms with Crippen molar-refractivity contribution >= 4 is 5.57 Å². The van der Waals surface area contributed by atoms with Crippen molar-refractivity contribution < 1.29 is 4.39 Å². The van der Waals surface area contributed by atoms with Gasteiger partial charge in [-0.3, -0.25) is 5.10 Å². The standard InChI is InChI=1S/C22H23FN2/c1-15(2)21-10-16(3)22(19-13-24-25-14-19)12-18(21)8-4-6-17-7-5-9-20(23)11-17/h5,7,9-14H,1,4,6,8H2,2-3H3,(H,24,25). The summed E-state index contributed by atoms with van der Waals surface area (Å²) in [6.07, 6.45) is 6.53. The summed E-state index contributed by atoms with van der Waals surface area (Å²) in [6.45, 7) is 8.29. The van der Waals surface area contributed by atoms with Crippen LogP contribution < -0.4 is 0 Å². The summed E-state index contributed by atoms with van der Waals surface area (Å²) in [5.74, 6) is -0.169. The molecular weight excluding hydrogens is 311 g/mol. The predicted molar refractivity (Wildman–Crippen MR) is 102 cm³/mol. The number of nitrogens with zero attached hydrogens (tertiary/aromatic N) is 1. The first-order chi connectivity index (χ1) is 12.0. The fourth-order valence-electron chi connectivity index (χ4n) is 3.24.